The van der Waals surface area contributed by atoms with Gasteiger partial charge in [-0.25, -0.2) is 0 Å². The molecule has 0 saturated heterocycles. The topological polar surface area (TPSA) is 37.3 Å². The van der Waals surface area contributed by atoms with Crippen LogP contribution in [-0.4, -0.2) is 11.1 Å². The van der Waals surface area contributed by atoms with Crippen molar-refractivity contribution in [2.45, 2.75) is 40.0 Å². The van der Waals surface area contributed by atoms with E-state index < -0.39 is 5.97 Å². The maximum absolute atomic E-state index is 10.5. The van der Waals surface area contributed by atoms with Crippen LogP contribution >= 0.6 is 0 Å². The number of hydrogen-bond acceptors (Lipinski definition) is 1. The normalized spacial score (nSPS) is 14.4. The van der Waals surface area contributed by atoms with E-state index in [1.165, 1.54) is 0 Å². The van der Waals surface area contributed by atoms with E-state index in [4.69, 9.17) is 5.11 Å². The number of aliphatic carboxylic acids is 1. The maximum atomic E-state index is 10.5. The predicted octanol–water partition coefficient (Wildman–Crippen LogP) is 2.84. The third kappa shape index (κ3) is 4.16. The highest BCUT2D eigenvalue weighted by Crippen LogP contribution is 2.11. The minimum Gasteiger partial charge on any atom is -0.481 e. The largest absolute Gasteiger partial charge is 0.481 e. The fourth-order valence-corrected chi connectivity index (χ4v) is 0.905. The molecule has 1 unspecified atom stereocenters. The van der Waals surface area contributed by atoms with Crippen LogP contribution in [-0.2, 0) is 4.79 Å². The van der Waals surface area contributed by atoms with Crippen LogP contribution < -0.4 is 0 Å². The van der Waals surface area contributed by atoms with Crippen LogP contribution in [0.5, 0.6) is 0 Å². The van der Waals surface area contributed by atoms with Crippen molar-refractivity contribution in [3.63, 3.8) is 0 Å². The fraction of sp³-hybridized carbons (Fsp3) is 0.700. The molecule has 0 heterocycles. The van der Waals surface area contributed by atoms with E-state index >= 15 is 0 Å². The monoisotopic (exact) mass is 170 g/mol. The summed E-state index contributed by atoms with van der Waals surface area (Å²) in [5.74, 6) is -1.07. The van der Waals surface area contributed by atoms with E-state index in [0.29, 0.717) is 0 Å². The number of allylic oxidation sites excluding steroid dienone is 1. The van der Waals surface area contributed by atoms with Crippen molar-refractivity contribution >= 4 is 5.97 Å². The summed E-state index contributed by atoms with van der Waals surface area (Å²) in [4.78, 5) is 10.5. The lowest BCUT2D eigenvalue weighted by molar-refractivity contribution is -0.139. The number of carbonyl (C=O) groups is 1. The maximum Gasteiger partial charge on any atom is 0.310 e. The third-order valence-electron chi connectivity index (χ3n) is 2.08. The SMILES string of the molecule is CCCCC=C(C)C(C)C(=O)O. The van der Waals surface area contributed by atoms with E-state index in [1.807, 2.05) is 13.0 Å². The zero-order valence-electron chi connectivity index (χ0n) is 8.13. The first kappa shape index (κ1) is 11.2. The molecule has 0 aliphatic heterocycles. The molecule has 2 nitrogen and oxygen atoms in total. The summed E-state index contributed by atoms with van der Waals surface area (Å²) in [5, 5.41) is 8.67. The number of carboxylic acids is 1. The van der Waals surface area contributed by atoms with E-state index in [0.717, 1.165) is 24.8 Å². The minimum absolute atomic E-state index is 0.332. The van der Waals surface area contributed by atoms with Gasteiger partial charge in [0, 0.05) is 0 Å². The van der Waals surface area contributed by atoms with E-state index in [2.05, 4.69) is 6.92 Å². The van der Waals surface area contributed by atoms with Gasteiger partial charge in [-0.2, -0.15) is 0 Å². The second-order valence-electron chi connectivity index (χ2n) is 3.15. The Labute approximate surface area is 74.3 Å². The first-order valence-electron chi connectivity index (χ1n) is 4.49. The Morgan fingerprint density at radius 2 is 2.17 bits per heavy atom. The van der Waals surface area contributed by atoms with Crippen molar-refractivity contribution in [1.29, 1.82) is 0 Å². The van der Waals surface area contributed by atoms with Crippen LogP contribution in [0.4, 0.5) is 0 Å². The van der Waals surface area contributed by atoms with E-state index in [9.17, 15) is 4.79 Å². The van der Waals surface area contributed by atoms with Gasteiger partial charge in [0.05, 0.1) is 5.92 Å². The quantitative estimate of drug-likeness (QED) is 0.509. The first-order valence-corrected chi connectivity index (χ1v) is 4.49. The van der Waals surface area contributed by atoms with Crippen LogP contribution in [0.15, 0.2) is 11.6 Å². The molecule has 0 radical (unpaired) electrons. The summed E-state index contributed by atoms with van der Waals surface area (Å²) in [6.45, 7) is 5.73. The Morgan fingerprint density at radius 1 is 1.58 bits per heavy atom. The van der Waals surface area contributed by atoms with E-state index in [-0.39, 0.29) is 5.92 Å². The van der Waals surface area contributed by atoms with Crippen LogP contribution in [0, 0.1) is 5.92 Å². The van der Waals surface area contributed by atoms with Crippen molar-refractivity contribution in [3.8, 4) is 0 Å². The van der Waals surface area contributed by atoms with Gasteiger partial charge in [0.15, 0.2) is 0 Å². The second kappa shape index (κ2) is 5.81. The van der Waals surface area contributed by atoms with Gasteiger partial charge in [0.1, 0.15) is 0 Å². The molecule has 70 valence electrons. The molecule has 0 saturated carbocycles. The van der Waals surface area contributed by atoms with Crippen molar-refractivity contribution < 1.29 is 9.90 Å². The van der Waals surface area contributed by atoms with Crippen LogP contribution in [0.2, 0.25) is 0 Å². The van der Waals surface area contributed by atoms with Crippen molar-refractivity contribution in [2.24, 2.45) is 5.92 Å². The molecule has 0 aromatic rings. The average Bonchev–Trinajstić information content (AvgIpc) is 2.03. The smallest absolute Gasteiger partial charge is 0.310 e. The summed E-state index contributed by atoms with van der Waals surface area (Å²) in [6, 6.07) is 0. The predicted molar refractivity (Wildman–Crippen MR) is 50.1 cm³/mol. The summed E-state index contributed by atoms with van der Waals surface area (Å²) >= 11 is 0. The van der Waals surface area contributed by atoms with Gasteiger partial charge >= 0.3 is 5.97 Å². The van der Waals surface area contributed by atoms with Crippen molar-refractivity contribution in [1.82, 2.24) is 0 Å². The van der Waals surface area contributed by atoms with Gasteiger partial charge in [0.2, 0.25) is 0 Å². The van der Waals surface area contributed by atoms with Gasteiger partial charge in [-0.1, -0.05) is 31.4 Å². The highest BCUT2D eigenvalue weighted by molar-refractivity contribution is 5.72. The molecule has 2 heteroatoms. The molecule has 12 heavy (non-hydrogen) atoms. The molecule has 0 spiro atoms. The van der Waals surface area contributed by atoms with Crippen molar-refractivity contribution in [2.75, 3.05) is 0 Å². The van der Waals surface area contributed by atoms with Gasteiger partial charge in [0.25, 0.3) is 0 Å². The zero-order chi connectivity index (χ0) is 9.56. The molecule has 1 atom stereocenters. The molecule has 0 bridgehead atoms. The molecule has 0 rings (SSSR count). The van der Waals surface area contributed by atoms with Crippen LogP contribution in [0.25, 0.3) is 0 Å². The Balaban J connectivity index is 3.90. The lowest BCUT2D eigenvalue weighted by atomic mass is 10.0. The first-order chi connectivity index (χ1) is 5.59. The fourth-order valence-electron chi connectivity index (χ4n) is 0.905. The molecule has 0 aromatic heterocycles. The van der Waals surface area contributed by atoms with Crippen molar-refractivity contribution in [3.05, 3.63) is 11.6 Å². The molecular weight excluding hydrogens is 152 g/mol. The molecule has 0 aliphatic carbocycles. The van der Waals surface area contributed by atoms with Gasteiger partial charge < -0.3 is 5.11 Å². The summed E-state index contributed by atoms with van der Waals surface area (Å²) in [7, 11) is 0. The number of hydrogen-bond donors (Lipinski definition) is 1. The number of unbranched alkanes of at least 4 members (excludes halogenated alkanes) is 2. The second-order valence-corrected chi connectivity index (χ2v) is 3.15. The van der Waals surface area contributed by atoms with Crippen LogP contribution in [0.3, 0.4) is 0 Å². The Bertz CT molecular complexity index is 171. The third-order valence-corrected chi connectivity index (χ3v) is 2.08. The van der Waals surface area contributed by atoms with E-state index in [1.54, 1.807) is 6.92 Å². The highest BCUT2D eigenvalue weighted by atomic mass is 16.4. The molecule has 0 fully saturated rings. The van der Waals surface area contributed by atoms with Gasteiger partial charge in [-0.3, -0.25) is 4.79 Å². The average molecular weight is 170 g/mol. The Hall–Kier alpha value is -0.790. The molecule has 0 aliphatic rings. The number of carboxylic acid groups (broad SMARTS) is 1. The molecular formula is C10H18O2. The summed E-state index contributed by atoms with van der Waals surface area (Å²) in [6.07, 6.45) is 5.33. The lowest BCUT2D eigenvalue weighted by Gasteiger charge is -2.05. The highest BCUT2D eigenvalue weighted by Gasteiger charge is 2.11. The van der Waals surface area contributed by atoms with Crippen LogP contribution in [0.1, 0.15) is 40.0 Å². The van der Waals surface area contributed by atoms with Gasteiger partial charge in [-0.15, -0.1) is 0 Å². The summed E-state index contributed by atoms with van der Waals surface area (Å²) in [5.41, 5.74) is 0.968. The molecule has 0 aromatic carbocycles. The molecule has 0 amide bonds. The molecule has 1 N–H and O–H groups in total. The zero-order valence-corrected chi connectivity index (χ0v) is 8.13. The number of rotatable bonds is 5. The standard InChI is InChI=1S/C10H18O2/c1-4-5-6-7-8(2)9(3)10(11)12/h7,9H,4-6H2,1-3H3,(H,11,12). The Kier molecular flexibility index (Phi) is 5.43. The minimum atomic E-state index is -0.736. The lowest BCUT2D eigenvalue weighted by Crippen LogP contribution is -2.10. The summed E-state index contributed by atoms with van der Waals surface area (Å²) < 4.78 is 0. The Morgan fingerprint density at radius 3 is 2.58 bits per heavy atom. The van der Waals surface area contributed by atoms with Gasteiger partial charge in [-0.05, 0) is 20.3 Å².